The first kappa shape index (κ1) is 21.3. The summed E-state index contributed by atoms with van der Waals surface area (Å²) in [6.45, 7) is 0.224. The molecule has 1 aliphatic carbocycles. The summed E-state index contributed by atoms with van der Waals surface area (Å²) >= 11 is 0. The van der Waals surface area contributed by atoms with Crippen molar-refractivity contribution in [1.29, 1.82) is 0 Å². The van der Waals surface area contributed by atoms with Crippen LogP contribution in [0.4, 0.5) is 5.69 Å². The van der Waals surface area contributed by atoms with Crippen LogP contribution < -0.4 is 14.8 Å². The van der Waals surface area contributed by atoms with Gasteiger partial charge in [-0.25, -0.2) is 0 Å². The van der Waals surface area contributed by atoms with Gasteiger partial charge in [0.25, 0.3) is 5.69 Å². The maximum absolute atomic E-state index is 13.2. The molecule has 0 bridgehead atoms. The van der Waals surface area contributed by atoms with Gasteiger partial charge in [-0.05, 0) is 26.0 Å². The van der Waals surface area contributed by atoms with Crippen molar-refractivity contribution in [3.8, 4) is 11.5 Å². The van der Waals surface area contributed by atoms with Gasteiger partial charge in [-0.3, -0.25) is 19.8 Å². The van der Waals surface area contributed by atoms with Gasteiger partial charge in [-0.15, -0.1) is 0 Å². The van der Waals surface area contributed by atoms with E-state index in [0.717, 1.165) is 25.7 Å². The lowest BCUT2D eigenvalue weighted by Gasteiger charge is -2.30. The number of hydrogen-bond acceptors (Lipinski definition) is 8. The minimum atomic E-state index is -0.918. The zero-order chi connectivity index (χ0) is 21.0. The number of rotatable bonds is 9. The largest absolute Gasteiger partial charge is 0.454 e. The summed E-state index contributed by atoms with van der Waals surface area (Å²) < 4.78 is 21.2. The van der Waals surface area contributed by atoms with E-state index >= 15 is 0 Å². The number of nitro groups is 1. The topological polar surface area (TPSA) is 112 Å². The van der Waals surface area contributed by atoms with Gasteiger partial charge >= 0.3 is 0 Å². The molecule has 1 N–H and O–H groups in total. The molecule has 0 radical (unpaired) electrons. The molecular formula is C19H27N3O7. The van der Waals surface area contributed by atoms with Crippen LogP contribution in [0.1, 0.15) is 37.3 Å². The van der Waals surface area contributed by atoms with Crippen molar-refractivity contribution >= 4 is 11.6 Å². The van der Waals surface area contributed by atoms with E-state index in [-0.39, 0.29) is 36.5 Å². The van der Waals surface area contributed by atoms with Crippen LogP contribution in [-0.2, 0) is 14.3 Å². The van der Waals surface area contributed by atoms with Crippen LogP contribution >= 0.6 is 0 Å². The standard InChI is InChI=1S/C19H27N3O7/c1-21(10-17(26-2)27-3)18(19(23)20-12-6-4-5-7-12)13-8-15-16(29-11-28-15)9-14(13)22(24)25/h8-9,12,17-18H,4-7,10-11H2,1-3H3,(H,20,23)/t18-/m0/s1. The average Bonchev–Trinajstić information content (AvgIpc) is 3.36. The first-order valence-electron chi connectivity index (χ1n) is 9.58. The number of carbonyl (C=O) groups excluding carboxylic acids is 1. The van der Waals surface area contributed by atoms with E-state index in [0.29, 0.717) is 11.5 Å². The van der Waals surface area contributed by atoms with Crippen molar-refractivity contribution in [1.82, 2.24) is 10.2 Å². The quantitative estimate of drug-likeness (QED) is 0.374. The van der Waals surface area contributed by atoms with Gasteiger partial charge in [0, 0.05) is 20.3 Å². The number of methoxy groups -OCH3 is 2. The lowest BCUT2D eigenvalue weighted by molar-refractivity contribution is -0.386. The summed E-state index contributed by atoms with van der Waals surface area (Å²) in [5, 5.41) is 14.8. The zero-order valence-corrected chi connectivity index (χ0v) is 16.9. The van der Waals surface area contributed by atoms with Crippen LogP contribution in [0.5, 0.6) is 11.5 Å². The van der Waals surface area contributed by atoms with Crippen molar-refractivity contribution in [3.63, 3.8) is 0 Å². The number of hydrogen-bond donors (Lipinski definition) is 1. The first-order chi connectivity index (χ1) is 13.9. The molecule has 1 aliphatic heterocycles. The van der Waals surface area contributed by atoms with Crippen LogP contribution in [-0.4, -0.2) is 62.7 Å². The molecule has 0 saturated heterocycles. The highest BCUT2D eigenvalue weighted by Gasteiger charge is 2.36. The molecule has 10 nitrogen and oxygen atoms in total. The highest BCUT2D eigenvalue weighted by Crippen LogP contribution is 2.41. The van der Waals surface area contributed by atoms with E-state index in [4.69, 9.17) is 18.9 Å². The van der Waals surface area contributed by atoms with Gasteiger partial charge in [0.15, 0.2) is 17.8 Å². The third-order valence-electron chi connectivity index (χ3n) is 5.37. The van der Waals surface area contributed by atoms with Gasteiger partial charge in [0.2, 0.25) is 12.7 Å². The van der Waals surface area contributed by atoms with Crippen LogP contribution in [0.3, 0.4) is 0 Å². The minimum Gasteiger partial charge on any atom is -0.454 e. The molecule has 29 heavy (non-hydrogen) atoms. The number of nitrogens with zero attached hydrogens (tertiary/aromatic N) is 2. The van der Waals surface area contributed by atoms with Crippen LogP contribution in [0, 0.1) is 10.1 Å². The molecule has 1 aromatic carbocycles. The Bertz CT molecular complexity index is 748. The smallest absolute Gasteiger partial charge is 0.278 e. The van der Waals surface area contributed by atoms with Crippen molar-refractivity contribution in [2.75, 3.05) is 34.6 Å². The van der Waals surface area contributed by atoms with Crippen molar-refractivity contribution in [3.05, 3.63) is 27.8 Å². The maximum atomic E-state index is 13.2. The molecule has 2 aliphatic rings. The third-order valence-corrected chi connectivity index (χ3v) is 5.37. The third kappa shape index (κ3) is 4.77. The number of nitrogens with one attached hydrogen (secondary N) is 1. The molecule has 0 aromatic heterocycles. The maximum Gasteiger partial charge on any atom is 0.278 e. The molecule has 1 amide bonds. The summed E-state index contributed by atoms with van der Waals surface area (Å²) in [6, 6.07) is 1.99. The van der Waals surface area contributed by atoms with Gasteiger partial charge in [0.1, 0.15) is 6.04 Å². The molecule has 1 fully saturated rings. The van der Waals surface area contributed by atoms with Crippen LogP contribution in [0.25, 0.3) is 0 Å². The number of ether oxygens (including phenoxy) is 4. The SMILES string of the molecule is COC(CN(C)[C@H](C(=O)NC1CCCC1)c1cc2c(cc1[N+](=O)[O-])OCO2)OC. The number of benzene rings is 1. The average molecular weight is 409 g/mol. The van der Waals surface area contributed by atoms with Gasteiger partial charge in [-0.1, -0.05) is 12.8 Å². The van der Waals surface area contributed by atoms with E-state index in [1.54, 1.807) is 11.9 Å². The second-order valence-electron chi connectivity index (χ2n) is 7.25. The van der Waals surface area contributed by atoms with Crippen LogP contribution in [0.2, 0.25) is 0 Å². The second-order valence-corrected chi connectivity index (χ2v) is 7.25. The second kappa shape index (κ2) is 9.38. The van der Waals surface area contributed by atoms with E-state index in [1.165, 1.54) is 26.4 Å². The molecule has 0 unspecified atom stereocenters. The van der Waals surface area contributed by atoms with Crippen LogP contribution in [0.15, 0.2) is 12.1 Å². The summed E-state index contributed by atoms with van der Waals surface area (Å²) in [7, 11) is 4.70. The Kier molecular flexibility index (Phi) is 6.88. The van der Waals surface area contributed by atoms with Crippen molar-refractivity contribution < 1.29 is 28.7 Å². The predicted molar refractivity (Wildman–Crippen MR) is 103 cm³/mol. The number of amides is 1. The number of nitro benzene ring substituents is 1. The molecule has 1 saturated carbocycles. The molecule has 3 rings (SSSR count). The molecule has 1 atom stereocenters. The van der Waals surface area contributed by atoms with E-state index in [9.17, 15) is 14.9 Å². The molecule has 1 heterocycles. The number of likely N-dealkylation sites (N-methyl/N-ethyl adjacent to an activating group) is 1. The van der Waals surface area contributed by atoms with Gasteiger partial charge in [0.05, 0.1) is 23.1 Å². The van der Waals surface area contributed by atoms with E-state index < -0.39 is 17.3 Å². The lowest BCUT2D eigenvalue weighted by atomic mass is 10.0. The molecule has 0 spiro atoms. The Balaban J connectivity index is 1.97. The highest BCUT2D eigenvalue weighted by atomic mass is 16.7. The minimum absolute atomic E-state index is 0.0137. The van der Waals surface area contributed by atoms with E-state index in [1.807, 2.05) is 0 Å². The fraction of sp³-hybridized carbons (Fsp3) is 0.632. The highest BCUT2D eigenvalue weighted by molar-refractivity contribution is 5.85. The Morgan fingerprint density at radius 2 is 1.90 bits per heavy atom. The Hall–Kier alpha value is -2.43. The fourth-order valence-electron chi connectivity index (χ4n) is 3.84. The zero-order valence-electron chi connectivity index (χ0n) is 16.9. The Morgan fingerprint density at radius 1 is 1.28 bits per heavy atom. The Labute approximate surface area is 169 Å². The Morgan fingerprint density at radius 3 is 2.48 bits per heavy atom. The fourth-order valence-corrected chi connectivity index (χ4v) is 3.84. The summed E-state index contributed by atoms with van der Waals surface area (Å²) in [5.41, 5.74) is 0.0438. The summed E-state index contributed by atoms with van der Waals surface area (Å²) in [5.74, 6) is 0.379. The normalized spacial score (nSPS) is 17.1. The molecule has 10 heteroatoms. The molecule has 1 aromatic rings. The van der Waals surface area contributed by atoms with Gasteiger partial charge < -0.3 is 24.3 Å². The lowest BCUT2D eigenvalue weighted by Crippen LogP contribution is -2.45. The monoisotopic (exact) mass is 409 g/mol. The molecule has 160 valence electrons. The number of fused-ring (bicyclic) bond motifs is 1. The number of carbonyl (C=O) groups is 1. The van der Waals surface area contributed by atoms with Gasteiger partial charge in [-0.2, -0.15) is 0 Å². The predicted octanol–water partition coefficient (Wildman–Crippen LogP) is 1.97. The molecular weight excluding hydrogens is 382 g/mol. The van der Waals surface area contributed by atoms with Crippen molar-refractivity contribution in [2.24, 2.45) is 0 Å². The first-order valence-corrected chi connectivity index (χ1v) is 9.58. The van der Waals surface area contributed by atoms with E-state index in [2.05, 4.69) is 5.32 Å². The summed E-state index contributed by atoms with van der Waals surface area (Å²) in [4.78, 5) is 26.2. The summed E-state index contributed by atoms with van der Waals surface area (Å²) in [6.07, 6.45) is 3.35. The van der Waals surface area contributed by atoms with Crippen molar-refractivity contribution in [2.45, 2.75) is 44.1 Å².